The zero-order valence-corrected chi connectivity index (χ0v) is 20.9. The minimum atomic E-state index is -4.01. The van der Waals surface area contributed by atoms with Crippen LogP contribution in [0.15, 0.2) is 82.2 Å². The molecule has 0 fully saturated rings. The molecule has 4 rings (SSSR count). The van der Waals surface area contributed by atoms with Gasteiger partial charge >= 0.3 is 0 Å². The Kier molecular flexibility index (Phi) is 6.57. The number of anilines is 1. The Labute approximate surface area is 210 Å². The van der Waals surface area contributed by atoms with Crippen LogP contribution in [-0.4, -0.2) is 29.9 Å². The van der Waals surface area contributed by atoms with E-state index in [9.17, 15) is 13.2 Å². The summed E-state index contributed by atoms with van der Waals surface area (Å²) >= 11 is 3.41. The minimum absolute atomic E-state index is 0.0597. The average Bonchev–Trinajstić information content (AvgIpc) is 3.21. The van der Waals surface area contributed by atoms with E-state index in [2.05, 4.69) is 26.3 Å². The maximum absolute atomic E-state index is 13.4. The smallest absolute Gasteiger partial charge is 0.274 e. The van der Waals surface area contributed by atoms with Crippen LogP contribution >= 0.6 is 15.9 Å². The Morgan fingerprint density at radius 3 is 2.49 bits per heavy atom. The summed E-state index contributed by atoms with van der Waals surface area (Å²) < 4.78 is 26.5. The molecule has 35 heavy (non-hydrogen) atoms. The number of nitrogens with zero attached hydrogens (tertiary/aromatic N) is 2. The Hall–Kier alpha value is -3.80. The summed E-state index contributed by atoms with van der Waals surface area (Å²) in [6, 6.07) is 19.9. The lowest BCUT2D eigenvalue weighted by Crippen LogP contribution is -2.18. The molecule has 11 heteroatoms. The summed E-state index contributed by atoms with van der Waals surface area (Å²) in [5.41, 5.74) is 8.74. The molecule has 178 valence electrons. The molecule has 1 amide bonds. The monoisotopic (exact) mass is 552 g/mol. The average molecular weight is 553 g/mol. The van der Waals surface area contributed by atoms with E-state index in [0.29, 0.717) is 38.2 Å². The van der Waals surface area contributed by atoms with Gasteiger partial charge in [-0.25, -0.2) is 18.2 Å². The van der Waals surface area contributed by atoms with E-state index in [0.717, 1.165) is 0 Å². The molecule has 4 aromatic rings. The predicted octanol–water partition coefficient (Wildman–Crippen LogP) is 3.79. The molecule has 0 aliphatic rings. The molecule has 0 aliphatic carbocycles. The number of amidine groups is 1. The van der Waals surface area contributed by atoms with Crippen LogP contribution in [0.25, 0.3) is 16.8 Å². The number of benzene rings is 3. The molecule has 0 unspecified atom stereocenters. The molecule has 0 atom stereocenters. The molecule has 0 aliphatic heterocycles. The molecule has 1 heterocycles. The van der Waals surface area contributed by atoms with E-state index in [-0.39, 0.29) is 16.4 Å². The van der Waals surface area contributed by atoms with Gasteiger partial charge in [0, 0.05) is 26.9 Å². The van der Waals surface area contributed by atoms with E-state index < -0.39 is 15.9 Å². The van der Waals surface area contributed by atoms with Crippen molar-refractivity contribution in [2.45, 2.75) is 11.8 Å². The molecule has 0 saturated carbocycles. The van der Waals surface area contributed by atoms with Gasteiger partial charge in [-0.3, -0.25) is 10.2 Å². The van der Waals surface area contributed by atoms with Crippen molar-refractivity contribution >= 4 is 43.4 Å². The SMILES string of the molecule is Cc1cc(C(=O)Nc2ccc(Br)cc2-c2ccccc2S(N)(=O)=O)n(-c2cccc(C(=N)N)c2)n1. The van der Waals surface area contributed by atoms with Gasteiger partial charge in [0.2, 0.25) is 10.0 Å². The standard InChI is InChI=1S/C24H21BrN6O3S/c1-14-11-21(31(30-14)17-6-4-5-15(12-17)23(26)27)24(32)29-20-10-9-16(25)13-19(20)18-7-2-3-8-22(18)35(28,33)34/h2-13H,1H3,(H3,26,27)(H,29,32)(H2,28,33,34). The van der Waals surface area contributed by atoms with Crippen LogP contribution in [0.2, 0.25) is 0 Å². The number of nitrogen functional groups attached to an aromatic ring is 1. The van der Waals surface area contributed by atoms with Crippen LogP contribution in [0.5, 0.6) is 0 Å². The van der Waals surface area contributed by atoms with Crippen LogP contribution in [0.3, 0.4) is 0 Å². The summed E-state index contributed by atoms with van der Waals surface area (Å²) in [5.74, 6) is -0.565. The second-order valence-corrected chi connectivity index (χ2v) is 10.2. The number of hydrogen-bond acceptors (Lipinski definition) is 5. The fourth-order valence-corrected chi connectivity index (χ4v) is 4.75. The summed E-state index contributed by atoms with van der Waals surface area (Å²) in [6.45, 7) is 1.76. The van der Waals surface area contributed by atoms with Crippen LogP contribution in [0.1, 0.15) is 21.7 Å². The van der Waals surface area contributed by atoms with E-state index >= 15 is 0 Å². The molecule has 0 radical (unpaired) electrons. The highest BCUT2D eigenvalue weighted by molar-refractivity contribution is 9.10. The lowest BCUT2D eigenvalue weighted by molar-refractivity contribution is 0.101. The van der Waals surface area contributed by atoms with Crippen LogP contribution in [-0.2, 0) is 10.0 Å². The third kappa shape index (κ3) is 5.16. The minimum Gasteiger partial charge on any atom is -0.384 e. The molecule has 6 N–H and O–H groups in total. The Morgan fingerprint density at radius 2 is 1.77 bits per heavy atom. The third-order valence-electron chi connectivity index (χ3n) is 5.18. The number of rotatable bonds is 6. The maximum Gasteiger partial charge on any atom is 0.274 e. The summed E-state index contributed by atoms with van der Waals surface area (Å²) in [6.07, 6.45) is 0. The lowest BCUT2D eigenvalue weighted by atomic mass is 10.0. The Balaban J connectivity index is 1.78. The summed E-state index contributed by atoms with van der Waals surface area (Å²) in [7, 11) is -4.01. The van der Waals surface area contributed by atoms with E-state index in [4.69, 9.17) is 16.3 Å². The van der Waals surface area contributed by atoms with Gasteiger partial charge in [0.1, 0.15) is 11.5 Å². The quantitative estimate of drug-likeness (QED) is 0.211. The van der Waals surface area contributed by atoms with E-state index in [1.807, 2.05) is 0 Å². The van der Waals surface area contributed by atoms with Crippen molar-refractivity contribution in [1.29, 1.82) is 5.41 Å². The first-order valence-corrected chi connectivity index (χ1v) is 12.6. The topological polar surface area (TPSA) is 157 Å². The number of primary sulfonamides is 1. The van der Waals surface area contributed by atoms with Crippen molar-refractivity contribution in [3.63, 3.8) is 0 Å². The van der Waals surface area contributed by atoms with Gasteiger partial charge in [-0.15, -0.1) is 0 Å². The molecule has 0 bridgehead atoms. The zero-order valence-electron chi connectivity index (χ0n) is 18.5. The molecular weight excluding hydrogens is 532 g/mol. The van der Waals surface area contributed by atoms with Crippen LogP contribution < -0.4 is 16.2 Å². The number of hydrogen-bond donors (Lipinski definition) is 4. The van der Waals surface area contributed by atoms with Crippen molar-refractivity contribution in [2.75, 3.05) is 5.32 Å². The van der Waals surface area contributed by atoms with Gasteiger partial charge in [0.05, 0.1) is 16.3 Å². The number of nitrogens with one attached hydrogen (secondary N) is 2. The van der Waals surface area contributed by atoms with E-state index in [1.165, 1.54) is 10.7 Å². The van der Waals surface area contributed by atoms with E-state index in [1.54, 1.807) is 73.7 Å². The van der Waals surface area contributed by atoms with Gasteiger partial charge < -0.3 is 11.1 Å². The molecular formula is C24H21BrN6O3S. The van der Waals surface area contributed by atoms with Gasteiger partial charge in [0.15, 0.2) is 0 Å². The summed E-state index contributed by atoms with van der Waals surface area (Å²) in [5, 5.41) is 20.4. The second kappa shape index (κ2) is 9.45. The number of nitrogens with two attached hydrogens (primary N) is 2. The molecule has 9 nitrogen and oxygen atoms in total. The normalized spacial score (nSPS) is 11.3. The predicted molar refractivity (Wildman–Crippen MR) is 138 cm³/mol. The molecule has 0 spiro atoms. The van der Waals surface area contributed by atoms with Crippen molar-refractivity contribution in [3.05, 3.63) is 94.2 Å². The largest absolute Gasteiger partial charge is 0.384 e. The lowest BCUT2D eigenvalue weighted by Gasteiger charge is -2.15. The van der Waals surface area contributed by atoms with Crippen molar-refractivity contribution < 1.29 is 13.2 Å². The first-order chi connectivity index (χ1) is 16.5. The number of carbonyl (C=O) groups is 1. The van der Waals surface area contributed by atoms with Gasteiger partial charge in [-0.2, -0.15) is 5.10 Å². The first-order valence-electron chi connectivity index (χ1n) is 10.3. The van der Waals surface area contributed by atoms with Gasteiger partial charge in [-0.05, 0) is 49.4 Å². The highest BCUT2D eigenvalue weighted by Crippen LogP contribution is 2.35. The highest BCUT2D eigenvalue weighted by atomic mass is 79.9. The molecule has 1 aromatic heterocycles. The number of aryl methyl sites for hydroxylation is 1. The van der Waals surface area contributed by atoms with Crippen LogP contribution in [0, 0.1) is 12.3 Å². The van der Waals surface area contributed by atoms with Crippen molar-refractivity contribution in [1.82, 2.24) is 9.78 Å². The Bertz CT molecular complexity index is 1580. The fourth-order valence-electron chi connectivity index (χ4n) is 3.64. The number of halogens is 1. The molecule has 3 aromatic carbocycles. The molecule has 0 saturated heterocycles. The number of carbonyl (C=O) groups excluding carboxylic acids is 1. The number of aromatic nitrogens is 2. The second-order valence-electron chi connectivity index (χ2n) is 7.73. The van der Waals surface area contributed by atoms with Crippen molar-refractivity contribution in [2.24, 2.45) is 10.9 Å². The summed E-state index contributed by atoms with van der Waals surface area (Å²) in [4.78, 5) is 13.3. The third-order valence-corrected chi connectivity index (χ3v) is 6.64. The number of sulfonamides is 1. The fraction of sp³-hybridized carbons (Fsp3) is 0.0417. The highest BCUT2D eigenvalue weighted by Gasteiger charge is 2.21. The van der Waals surface area contributed by atoms with Gasteiger partial charge in [-0.1, -0.05) is 46.3 Å². The number of amides is 1. The van der Waals surface area contributed by atoms with Gasteiger partial charge in [0.25, 0.3) is 5.91 Å². The zero-order chi connectivity index (χ0) is 25.3. The Morgan fingerprint density at radius 1 is 1.03 bits per heavy atom. The van der Waals surface area contributed by atoms with Crippen LogP contribution in [0.4, 0.5) is 5.69 Å². The van der Waals surface area contributed by atoms with Crippen molar-refractivity contribution in [3.8, 4) is 16.8 Å². The maximum atomic E-state index is 13.4. The first kappa shape index (κ1) is 24.3.